The van der Waals surface area contributed by atoms with Crippen molar-refractivity contribution in [3.8, 4) is 22.1 Å². The van der Waals surface area contributed by atoms with Crippen LogP contribution in [0.25, 0.3) is 10.6 Å². The van der Waals surface area contributed by atoms with Gasteiger partial charge in [0.1, 0.15) is 0 Å². The predicted octanol–water partition coefficient (Wildman–Crippen LogP) is 4.72. The summed E-state index contributed by atoms with van der Waals surface area (Å²) in [6.07, 6.45) is 1.71. The van der Waals surface area contributed by atoms with E-state index in [2.05, 4.69) is 21.6 Å². The van der Waals surface area contributed by atoms with Crippen molar-refractivity contribution in [2.24, 2.45) is 5.10 Å². The van der Waals surface area contributed by atoms with Gasteiger partial charge in [0, 0.05) is 10.9 Å². The first-order chi connectivity index (χ1) is 11.8. The Labute approximate surface area is 148 Å². The number of hydrogen-bond donors (Lipinski definition) is 1. The average Bonchev–Trinajstić information content (AvgIpc) is 3.27. The third kappa shape index (κ3) is 3.74. The molecule has 0 bridgehead atoms. The monoisotopic (exact) mass is 359 g/mol. The number of ether oxygens (including phenoxy) is 2. The van der Waals surface area contributed by atoms with Gasteiger partial charge in [0.25, 0.3) is 0 Å². The molecule has 0 saturated heterocycles. The highest BCUT2D eigenvalue weighted by atomic mass is 32.1. The van der Waals surface area contributed by atoms with E-state index in [1.807, 2.05) is 41.9 Å². The molecule has 0 saturated carbocycles. The van der Waals surface area contributed by atoms with Crippen molar-refractivity contribution in [1.29, 1.82) is 0 Å². The summed E-state index contributed by atoms with van der Waals surface area (Å²) in [5.41, 5.74) is 4.78. The number of rotatable bonds is 7. The van der Waals surface area contributed by atoms with Gasteiger partial charge in [-0.1, -0.05) is 12.1 Å². The second kappa shape index (κ2) is 7.94. The largest absolute Gasteiger partial charge is 0.493 e. The Morgan fingerprint density at radius 1 is 1.25 bits per heavy atom. The maximum Gasteiger partial charge on any atom is 0.203 e. The minimum atomic E-state index is 0.561. The number of thiophene rings is 1. The highest BCUT2D eigenvalue weighted by molar-refractivity contribution is 7.15. The summed E-state index contributed by atoms with van der Waals surface area (Å²) in [6, 6.07) is 9.77. The fourth-order valence-electron chi connectivity index (χ4n) is 2.11. The summed E-state index contributed by atoms with van der Waals surface area (Å²) in [7, 11) is 1.62. The molecule has 2 heterocycles. The molecule has 1 N–H and O–H groups in total. The van der Waals surface area contributed by atoms with E-state index < -0.39 is 0 Å². The SMILES string of the molecule is CCOc1c(/C=N\Nc2nc(-c3cccs3)cs2)cccc1OC. The van der Waals surface area contributed by atoms with Crippen LogP contribution in [-0.2, 0) is 0 Å². The van der Waals surface area contributed by atoms with Crippen molar-refractivity contribution in [1.82, 2.24) is 4.98 Å². The van der Waals surface area contributed by atoms with E-state index in [4.69, 9.17) is 9.47 Å². The predicted molar refractivity (Wildman–Crippen MR) is 101 cm³/mol. The summed E-state index contributed by atoms with van der Waals surface area (Å²) in [5.74, 6) is 1.38. The smallest absolute Gasteiger partial charge is 0.203 e. The number of para-hydroxylation sites is 1. The maximum absolute atomic E-state index is 5.66. The summed E-state index contributed by atoms with van der Waals surface area (Å²) in [6.45, 7) is 2.50. The molecule has 1 aromatic carbocycles. The highest BCUT2D eigenvalue weighted by Gasteiger charge is 2.08. The summed E-state index contributed by atoms with van der Waals surface area (Å²) < 4.78 is 11.0. The Hall–Kier alpha value is -2.38. The second-order valence-electron chi connectivity index (χ2n) is 4.70. The number of anilines is 1. The van der Waals surface area contributed by atoms with E-state index in [0.717, 1.165) is 21.3 Å². The normalized spacial score (nSPS) is 10.9. The molecule has 2 aromatic heterocycles. The Morgan fingerprint density at radius 2 is 2.17 bits per heavy atom. The lowest BCUT2D eigenvalue weighted by molar-refractivity contribution is 0.310. The van der Waals surface area contributed by atoms with Gasteiger partial charge in [-0.3, -0.25) is 5.43 Å². The van der Waals surface area contributed by atoms with Crippen LogP contribution in [0.3, 0.4) is 0 Å². The average molecular weight is 359 g/mol. The van der Waals surface area contributed by atoms with Crippen molar-refractivity contribution in [2.45, 2.75) is 6.92 Å². The number of hydrazone groups is 1. The lowest BCUT2D eigenvalue weighted by Gasteiger charge is -2.11. The highest BCUT2D eigenvalue weighted by Crippen LogP contribution is 2.30. The number of benzene rings is 1. The zero-order valence-corrected chi connectivity index (χ0v) is 15.0. The molecule has 0 spiro atoms. The molecule has 0 radical (unpaired) electrons. The van der Waals surface area contributed by atoms with Crippen molar-refractivity contribution in [3.05, 3.63) is 46.7 Å². The van der Waals surface area contributed by atoms with E-state index in [1.54, 1.807) is 24.7 Å². The van der Waals surface area contributed by atoms with E-state index in [-0.39, 0.29) is 0 Å². The standard InChI is InChI=1S/C17H17N3O2S2/c1-3-22-16-12(6-4-7-14(16)21-2)10-18-20-17-19-13(11-24-17)15-8-5-9-23-15/h4-11H,3H2,1-2H3,(H,19,20)/b18-10-. The molecule has 0 atom stereocenters. The number of thiazole rings is 1. The molecule has 0 aliphatic carbocycles. The van der Waals surface area contributed by atoms with Gasteiger partial charge < -0.3 is 9.47 Å². The van der Waals surface area contributed by atoms with Gasteiger partial charge in [-0.05, 0) is 30.5 Å². The number of nitrogens with one attached hydrogen (secondary N) is 1. The van der Waals surface area contributed by atoms with Crippen molar-refractivity contribution in [3.63, 3.8) is 0 Å². The number of methoxy groups -OCH3 is 1. The van der Waals surface area contributed by atoms with Crippen LogP contribution in [0.15, 0.2) is 46.2 Å². The Bertz CT molecular complexity index is 813. The van der Waals surface area contributed by atoms with Crippen molar-refractivity contribution in [2.75, 3.05) is 19.1 Å². The van der Waals surface area contributed by atoms with E-state index in [0.29, 0.717) is 18.1 Å². The molecule has 5 nitrogen and oxygen atoms in total. The van der Waals surface area contributed by atoms with E-state index in [1.165, 1.54) is 11.3 Å². The Morgan fingerprint density at radius 3 is 2.92 bits per heavy atom. The van der Waals surface area contributed by atoms with Gasteiger partial charge in [-0.2, -0.15) is 5.10 Å². The van der Waals surface area contributed by atoms with Gasteiger partial charge in [0.05, 0.1) is 30.5 Å². The van der Waals surface area contributed by atoms with Crippen LogP contribution in [0.4, 0.5) is 5.13 Å². The summed E-state index contributed by atoms with van der Waals surface area (Å²) in [4.78, 5) is 5.67. The van der Waals surface area contributed by atoms with Crippen LogP contribution in [-0.4, -0.2) is 24.9 Å². The van der Waals surface area contributed by atoms with Gasteiger partial charge in [0.2, 0.25) is 5.13 Å². The zero-order valence-electron chi connectivity index (χ0n) is 13.4. The van der Waals surface area contributed by atoms with Crippen LogP contribution in [0.5, 0.6) is 11.5 Å². The van der Waals surface area contributed by atoms with Crippen LogP contribution in [0.2, 0.25) is 0 Å². The van der Waals surface area contributed by atoms with E-state index >= 15 is 0 Å². The first-order valence-corrected chi connectivity index (χ1v) is 9.16. The number of aromatic nitrogens is 1. The molecule has 24 heavy (non-hydrogen) atoms. The number of hydrogen-bond acceptors (Lipinski definition) is 7. The molecular formula is C17H17N3O2S2. The third-order valence-corrected chi connectivity index (χ3v) is 4.80. The van der Waals surface area contributed by atoms with Crippen LogP contribution in [0.1, 0.15) is 12.5 Å². The van der Waals surface area contributed by atoms with Crippen LogP contribution >= 0.6 is 22.7 Å². The molecule has 124 valence electrons. The molecule has 0 aliphatic heterocycles. The third-order valence-electron chi connectivity index (χ3n) is 3.16. The van der Waals surface area contributed by atoms with Gasteiger partial charge in [-0.15, -0.1) is 22.7 Å². The van der Waals surface area contributed by atoms with Gasteiger partial charge in [0.15, 0.2) is 11.5 Å². The maximum atomic E-state index is 5.66. The molecule has 3 aromatic rings. The van der Waals surface area contributed by atoms with Gasteiger partial charge >= 0.3 is 0 Å². The molecule has 0 fully saturated rings. The Kier molecular flexibility index (Phi) is 5.45. The Balaban J connectivity index is 1.73. The minimum Gasteiger partial charge on any atom is -0.493 e. The van der Waals surface area contributed by atoms with Crippen molar-refractivity contribution >= 4 is 34.0 Å². The molecule has 7 heteroatoms. The quantitative estimate of drug-likeness (QED) is 0.490. The fourth-order valence-corrected chi connectivity index (χ4v) is 3.53. The summed E-state index contributed by atoms with van der Waals surface area (Å²) in [5, 5.41) is 9.07. The van der Waals surface area contributed by atoms with Crippen molar-refractivity contribution < 1.29 is 9.47 Å². The first-order valence-electron chi connectivity index (χ1n) is 7.40. The molecule has 0 amide bonds. The molecule has 3 rings (SSSR count). The first kappa shape index (κ1) is 16.5. The van der Waals surface area contributed by atoms with Crippen LogP contribution in [0, 0.1) is 0 Å². The summed E-state index contributed by atoms with van der Waals surface area (Å²) >= 11 is 3.19. The fraction of sp³-hybridized carbons (Fsp3) is 0.176. The zero-order chi connectivity index (χ0) is 16.8. The van der Waals surface area contributed by atoms with Crippen LogP contribution < -0.4 is 14.9 Å². The number of nitrogens with zero attached hydrogens (tertiary/aromatic N) is 2. The topological polar surface area (TPSA) is 55.7 Å². The van der Waals surface area contributed by atoms with E-state index in [9.17, 15) is 0 Å². The lowest BCUT2D eigenvalue weighted by Crippen LogP contribution is -2.00. The molecule has 0 aliphatic rings. The molecule has 0 unspecified atom stereocenters. The minimum absolute atomic E-state index is 0.561. The second-order valence-corrected chi connectivity index (χ2v) is 6.50. The molecular weight excluding hydrogens is 342 g/mol. The lowest BCUT2D eigenvalue weighted by atomic mass is 10.2. The van der Waals surface area contributed by atoms with Gasteiger partial charge in [-0.25, -0.2) is 4.98 Å².